The van der Waals surface area contributed by atoms with Crippen LogP contribution in [0, 0.1) is 0 Å². The van der Waals surface area contributed by atoms with Crippen molar-refractivity contribution in [2.45, 2.75) is 49.8 Å². The van der Waals surface area contributed by atoms with Gasteiger partial charge in [0, 0.05) is 42.9 Å². The van der Waals surface area contributed by atoms with Gasteiger partial charge in [0.1, 0.15) is 23.1 Å². The third-order valence-corrected chi connectivity index (χ3v) is 6.76. The third-order valence-electron chi connectivity index (χ3n) is 6.76. The van der Waals surface area contributed by atoms with E-state index in [0.29, 0.717) is 46.6 Å². The second-order valence-corrected chi connectivity index (χ2v) is 8.95. The highest BCUT2D eigenvalue weighted by molar-refractivity contribution is 6.01. The molecule has 0 unspecified atom stereocenters. The number of rotatable bonds is 5. The summed E-state index contributed by atoms with van der Waals surface area (Å²) in [5.41, 5.74) is 2.21. The van der Waals surface area contributed by atoms with Crippen LogP contribution in [-0.4, -0.2) is 60.3 Å². The average molecular weight is 467 g/mol. The maximum Gasteiger partial charge on any atom is 0.270 e. The monoisotopic (exact) mass is 467 g/mol. The Morgan fingerprint density at radius 3 is 2.82 bits per heavy atom. The van der Waals surface area contributed by atoms with E-state index in [9.17, 15) is 18.7 Å². The lowest BCUT2D eigenvalue weighted by Crippen LogP contribution is -2.39. The van der Waals surface area contributed by atoms with Crippen molar-refractivity contribution in [3.05, 3.63) is 42.4 Å². The molecule has 0 saturated heterocycles. The Kier molecular flexibility index (Phi) is 4.60. The van der Waals surface area contributed by atoms with Gasteiger partial charge in [0.25, 0.3) is 11.8 Å². The summed E-state index contributed by atoms with van der Waals surface area (Å²) in [4.78, 5) is 22.1. The van der Waals surface area contributed by atoms with Crippen molar-refractivity contribution in [2.75, 3.05) is 12.4 Å². The SMILES string of the molecule is CNc1cc(-c2cn([C@@H]3CC3(F)F)c3ncccc23)nc2c(C(=O)N[C@H]3CCC[C@H]3O)cnn12. The van der Waals surface area contributed by atoms with E-state index in [1.807, 2.05) is 6.07 Å². The molecule has 0 spiro atoms. The molecule has 34 heavy (non-hydrogen) atoms. The van der Waals surface area contributed by atoms with Gasteiger partial charge in [-0.25, -0.2) is 18.7 Å². The topological polar surface area (TPSA) is 109 Å². The van der Waals surface area contributed by atoms with Crippen LogP contribution in [0.15, 0.2) is 36.8 Å². The third kappa shape index (κ3) is 3.22. The number of fused-ring (bicyclic) bond motifs is 2. The molecule has 6 rings (SSSR count). The number of amides is 1. The molecule has 4 heterocycles. The summed E-state index contributed by atoms with van der Waals surface area (Å²) < 4.78 is 30.8. The smallest absolute Gasteiger partial charge is 0.270 e. The van der Waals surface area contributed by atoms with Gasteiger partial charge >= 0.3 is 0 Å². The van der Waals surface area contributed by atoms with Gasteiger partial charge in [-0.15, -0.1) is 0 Å². The molecular formula is C23H23F2N7O2. The van der Waals surface area contributed by atoms with Crippen LogP contribution in [0.3, 0.4) is 0 Å². The highest BCUT2D eigenvalue weighted by Gasteiger charge is 2.58. The standard InChI is InChI=1S/C23H23F2N7O2/c1-26-19-8-16(14-11-31(18-9-23(18,24)25)20-12(14)4-3-7-27-20)29-21-13(10-28-32(19)21)22(34)30-15-5-2-6-17(15)33/h3-4,7-8,10-11,15,17-18,26,33H,2,5-6,9H2,1H3,(H,30,34)/t15-,17+,18+/m0/s1. The molecule has 176 valence electrons. The van der Waals surface area contributed by atoms with E-state index in [4.69, 9.17) is 4.98 Å². The van der Waals surface area contributed by atoms with Gasteiger partial charge in [0.05, 0.1) is 24.0 Å². The summed E-state index contributed by atoms with van der Waals surface area (Å²) in [6, 6.07) is 4.10. The molecule has 3 N–H and O–H groups in total. The van der Waals surface area contributed by atoms with Crippen LogP contribution in [0.25, 0.3) is 27.9 Å². The summed E-state index contributed by atoms with van der Waals surface area (Å²) in [5, 5.41) is 21.1. The lowest BCUT2D eigenvalue weighted by atomic mass is 10.1. The fourth-order valence-corrected chi connectivity index (χ4v) is 4.82. The summed E-state index contributed by atoms with van der Waals surface area (Å²) in [5.74, 6) is -2.54. The molecule has 3 atom stereocenters. The van der Waals surface area contributed by atoms with Gasteiger partial charge in [-0.3, -0.25) is 4.79 Å². The molecule has 0 radical (unpaired) electrons. The van der Waals surface area contributed by atoms with Crippen molar-refractivity contribution < 1.29 is 18.7 Å². The van der Waals surface area contributed by atoms with Crippen molar-refractivity contribution in [1.82, 2.24) is 29.5 Å². The molecule has 4 aromatic heterocycles. The number of carbonyl (C=O) groups excluding carboxylic acids is 1. The van der Waals surface area contributed by atoms with Crippen molar-refractivity contribution in [1.29, 1.82) is 0 Å². The molecular weight excluding hydrogens is 444 g/mol. The normalized spacial score (nSPS) is 23.5. The molecule has 0 bridgehead atoms. The number of aliphatic hydroxyl groups excluding tert-OH is 1. The second kappa shape index (κ2) is 7.45. The highest BCUT2D eigenvalue weighted by atomic mass is 19.3. The predicted octanol–water partition coefficient (Wildman–Crippen LogP) is 3.01. The second-order valence-electron chi connectivity index (χ2n) is 8.95. The molecule has 2 aliphatic rings. The van der Waals surface area contributed by atoms with Crippen molar-refractivity contribution >= 4 is 28.4 Å². The first-order chi connectivity index (χ1) is 16.4. The number of hydrogen-bond donors (Lipinski definition) is 3. The number of aromatic nitrogens is 5. The molecule has 4 aromatic rings. The van der Waals surface area contributed by atoms with Crippen molar-refractivity contribution in [2.24, 2.45) is 0 Å². The Bertz CT molecular complexity index is 1430. The Morgan fingerprint density at radius 2 is 2.12 bits per heavy atom. The molecule has 9 nitrogen and oxygen atoms in total. The Morgan fingerprint density at radius 1 is 1.29 bits per heavy atom. The summed E-state index contributed by atoms with van der Waals surface area (Å²) in [6.45, 7) is 0. The van der Waals surface area contributed by atoms with Gasteiger partial charge in [-0.1, -0.05) is 0 Å². The van der Waals surface area contributed by atoms with E-state index in [1.54, 1.807) is 31.6 Å². The first kappa shape index (κ1) is 21.0. The lowest BCUT2D eigenvalue weighted by Gasteiger charge is -2.15. The number of halogens is 2. The zero-order valence-corrected chi connectivity index (χ0v) is 18.4. The minimum atomic E-state index is -2.75. The summed E-state index contributed by atoms with van der Waals surface area (Å²) in [6.07, 6.45) is 6.12. The largest absolute Gasteiger partial charge is 0.391 e. The van der Waals surface area contributed by atoms with Crippen LogP contribution in [0.5, 0.6) is 0 Å². The number of nitrogens with zero attached hydrogens (tertiary/aromatic N) is 5. The van der Waals surface area contributed by atoms with Crippen LogP contribution in [0.1, 0.15) is 42.1 Å². The molecule has 0 aromatic carbocycles. The zero-order valence-electron chi connectivity index (χ0n) is 18.4. The minimum absolute atomic E-state index is 0.221. The van der Waals surface area contributed by atoms with E-state index in [2.05, 4.69) is 20.7 Å². The van der Waals surface area contributed by atoms with Gasteiger partial charge in [-0.05, 0) is 31.4 Å². The average Bonchev–Trinajstić information content (AvgIpc) is 3.22. The quantitative estimate of drug-likeness (QED) is 0.416. The van der Waals surface area contributed by atoms with Crippen LogP contribution in [-0.2, 0) is 0 Å². The molecule has 0 aliphatic heterocycles. The summed E-state index contributed by atoms with van der Waals surface area (Å²) in [7, 11) is 1.73. The maximum atomic E-state index is 13.9. The molecule has 2 fully saturated rings. The van der Waals surface area contributed by atoms with E-state index in [-0.39, 0.29) is 23.9 Å². The first-order valence-corrected chi connectivity index (χ1v) is 11.3. The number of hydrogen-bond acceptors (Lipinski definition) is 6. The molecule has 2 saturated carbocycles. The van der Waals surface area contributed by atoms with E-state index >= 15 is 0 Å². The van der Waals surface area contributed by atoms with Crippen LogP contribution < -0.4 is 10.6 Å². The fourth-order valence-electron chi connectivity index (χ4n) is 4.82. The number of aliphatic hydroxyl groups is 1. The zero-order chi connectivity index (χ0) is 23.6. The number of carbonyl (C=O) groups is 1. The van der Waals surface area contributed by atoms with E-state index < -0.39 is 18.1 Å². The Balaban J connectivity index is 1.47. The predicted molar refractivity (Wildman–Crippen MR) is 121 cm³/mol. The number of nitrogens with one attached hydrogen (secondary N) is 2. The Hall–Kier alpha value is -3.60. The summed E-state index contributed by atoms with van der Waals surface area (Å²) >= 11 is 0. The minimum Gasteiger partial charge on any atom is -0.391 e. The maximum absolute atomic E-state index is 13.9. The van der Waals surface area contributed by atoms with Gasteiger partial charge in [0.2, 0.25) is 0 Å². The van der Waals surface area contributed by atoms with E-state index in [0.717, 1.165) is 6.42 Å². The van der Waals surface area contributed by atoms with E-state index in [1.165, 1.54) is 15.3 Å². The number of pyridine rings is 1. The number of anilines is 1. The molecule has 1 amide bonds. The molecule has 2 aliphatic carbocycles. The highest BCUT2D eigenvalue weighted by Crippen LogP contribution is 2.54. The first-order valence-electron chi connectivity index (χ1n) is 11.3. The lowest BCUT2D eigenvalue weighted by molar-refractivity contribution is 0.0874. The van der Waals surface area contributed by atoms with Crippen molar-refractivity contribution in [3.8, 4) is 11.3 Å². The van der Waals surface area contributed by atoms with Gasteiger partial charge < -0.3 is 20.3 Å². The fraction of sp³-hybridized carbons (Fsp3) is 0.391. The van der Waals surface area contributed by atoms with Crippen LogP contribution in [0.2, 0.25) is 0 Å². The van der Waals surface area contributed by atoms with Gasteiger partial charge in [0.15, 0.2) is 5.65 Å². The number of alkyl halides is 2. The van der Waals surface area contributed by atoms with Gasteiger partial charge in [-0.2, -0.15) is 9.61 Å². The Labute approximate surface area is 192 Å². The molecule has 11 heteroatoms. The van der Waals surface area contributed by atoms with Crippen molar-refractivity contribution in [3.63, 3.8) is 0 Å². The van der Waals surface area contributed by atoms with Crippen LogP contribution in [0.4, 0.5) is 14.6 Å². The van der Waals surface area contributed by atoms with Crippen LogP contribution >= 0.6 is 0 Å².